The van der Waals surface area contributed by atoms with Crippen LogP contribution < -0.4 is 11.2 Å². The van der Waals surface area contributed by atoms with Crippen molar-refractivity contribution in [2.24, 2.45) is 7.05 Å². The minimum absolute atomic E-state index is 0.120. The first-order valence-electron chi connectivity index (χ1n) is 11.8. The third-order valence-corrected chi connectivity index (χ3v) is 9.83. The molecule has 36 heavy (non-hydrogen) atoms. The number of hydrogen-bond acceptors (Lipinski definition) is 5. The Balaban J connectivity index is 1.72. The fraction of sp³-hybridized carbons (Fsp3) is 0.440. The number of rotatable bonds is 7. The Hall–Kier alpha value is -2.94. The molecule has 11 heteroatoms. The van der Waals surface area contributed by atoms with E-state index in [9.17, 15) is 9.59 Å². The summed E-state index contributed by atoms with van der Waals surface area (Å²) in [5, 5.41) is 0. The number of aromatic nitrogens is 6. The van der Waals surface area contributed by atoms with Crippen LogP contribution in [-0.4, -0.2) is 42.0 Å². The Labute approximate surface area is 218 Å². The molecular weight excluding hydrogens is 540 g/mol. The van der Waals surface area contributed by atoms with Gasteiger partial charge in [0.1, 0.15) is 12.6 Å². The van der Waals surface area contributed by atoms with Crippen LogP contribution in [0.5, 0.6) is 0 Å². The van der Waals surface area contributed by atoms with E-state index in [-0.39, 0.29) is 12.3 Å². The molecule has 0 saturated carbocycles. The van der Waals surface area contributed by atoms with Crippen molar-refractivity contribution in [3.05, 3.63) is 55.2 Å². The van der Waals surface area contributed by atoms with Gasteiger partial charge in [-0.25, -0.2) is 14.8 Å². The Morgan fingerprint density at radius 3 is 2.53 bits per heavy atom. The van der Waals surface area contributed by atoms with Gasteiger partial charge in [-0.1, -0.05) is 31.6 Å². The van der Waals surface area contributed by atoms with Crippen LogP contribution in [-0.2, 0) is 31.6 Å². The zero-order valence-electron chi connectivity index (χ0n) is 21.7. The molecule has 1 aromatic carbocycles. The van der Waals surface area contributed by atoms with Crippen molar-refractivity contribution < 1.29 is 4.74 Å². The number of fused-ring (bicyclic) bond motifs is 2. The summed E-state index contributed by atoms with van der Waals surface area (Å²) in [7, 11) is 0.204. The fourth-order valence-corrected chi connectivity index (χ4v) is 5.01. The molecule has 0 spiro atoms. The SMILES string of the molecule is CC#CCn1c(Br)nc2c1c(=O)n(Cc1ccc3c(c1)nc(C)n3COC(C)[Si](C)(C)C)c(=O)n2C. The van der Waals surface area contributed by atoms with Gasteiger partial charge in [0, 0.05) is 12.8 Å². The highest BCUT2D eigenvalue weighted by molar-refractivity contribution is 9.10. The second-order valence-electron chi connectivity index (χ2n) is 10.0. The van der Waals surface area contributed by atoms with Gasteiger partial charge in [-0.2, -0.15) is 0 Å². The van der Waals surface area contributed by atoms with E-state index < -0.39 is 19.3 Å². The number of ether oxygens (including phenoxy) is 1. The minimum Gasteiger partial charge on any atom is -0.361 e. The van der Waals surface area contributed by atoms with E-state index in [4.69, 9.17) is 9.72 Å². The van der Waals surface area contributed by atoms with Gasteiger partial charge in [-0.3, -0.25) is 13.9 Å². The van der Waals surface area contributed by atoms with Crippen LogP contribution in [0.4, 0.5) is 0 Å². The predicted molar refractivity (Wildman–Crippen MR) is 148 cm³/mol. The highest BCUT2D eigenvalue weighted by Gasteiger charge is 2.24. The van der Waals surface area contributed by atoms with Crippen molar-refractivity contribution in [3.8, 4) is 11.8 Å². The fourth-order valence-electron chi connectivity index (χ4n) is 3.96. The average Bonchev–Trinajstić information content (AvgIpc) is 3.31. The van der Waals surface area contributed by atoms with Crippen molar-refractivity contribution in [1.82, 2.24) is 28.2 Å². The van der Waals surface area contributed by atoms with E-state index in [2.05, 4.69) is 63.9 Å². The molecule has 0 aliphatic heterocycles. The number of benzene rings is 1. The summed E-state index contributed by atoms with van der Waals surface area (Å²) >= 11 is 3.39. The van der Waals surface area contributed by atoms with Crippen LogP contribution >= 0.6 is 15.9 Å². The first-order chi connectivity index (χ1) is 16.9. The largest absolute Gasteiger partial charge is 0.361 e. The minimum atomic E-state index is -1.41. The maximum Gasteiger partial charge on any atom is 0.332 e. The first kappa shape index (κ1) is 26.1. The summed E-state index contributed by atoms with van der Waals surface area (Å²) in [6.07, 6.45) is 0. The second kappa shape index (κ2) is 9.84. The van der Waals surface area contributed by atoms with Crippen LogP contribution in [0, 0.1) is 18.8 Å². The Bertz CT molecular complexity index is 1640. The topological polar surface area (TPSA) is 88.9 Å². The molecule has 4 rings (SSSR count). The maximum absolute atomic E-state index is 13.4. The molecule has 0 saturated heterocycles. The number of aryl methyl sites for hydroxylation is 2. The lowest BCUT2D eigenvalue weighted by molar-refractivity contribution is 0.0578. The lowest BCUT2D eigenvalue weighted by atomic mass is 10.2. The summed E-state index contributed by atoms with van der Waals surface area (Å²) in [5.74, 6) is 6.64. The standard InChI is InChI=1S/C25H31BrN6O3Si/c1-8-9-12-30-21-22(28-24(30)26)29(4)25(34)31(23(21)33)14-18-10-11-20-19(13-18)27-16(2)32(20)15-35-17(3)36(5,6)7/h10-11,13,17H,12,14-15H2,1-7H3. The van der Waals surface area contributed by atoms with E-state index in [0.717, 1.165) is 22.4 Å². The molecular formula is C25H31BrN6O3Si. The number of nitrogens with zero attached hydrogens (tertiary/aromatic N) is 6. The van der Waals surface area contributed by atoms with E-state index in [0.29, 0.717) is 29.2 Å². The Kier molecular flexibility index (Phi) is 7.14. The lowest BCUT2D eigenvalue weighted by Crippen LogP contribution is -2.40. The molecule has 1 unspecified atom stereocenters. The molecule has 0 aliphatic rings. The van der Waals surface area contributed by atoms with E-state index >= 15 is 0 Å². The van der Waals surface area contributed by atoms with Crippen LogP contribution in [0.25, 0.3) is 22.2 Å². The third-order valence-electron chi connectivity index (χ3n) is 6.62. The van der Waals surface area contributed by atoms with E-state index in [1.165, 1.54) is 9.13 Å². The van der Waals surface area contributed by atoms with Crippen molar-refractivity contribution >= 4 is 46.2 Å². The molecule has 0 fully saturated rings. The van der Waals surface area contributed by atoms with Gasteiger partial charge in [-0.05, 0) is 54.4 Å². The van der Waals surface area contributed by atoms with Gasteiger partial charge >= 0.3 is 5.69 Å². The molecule has 3 aromatic heterocycles. The van der Waals surface area contributed by atoms with Gasteiger partial charge in [0.15, 0.2) is 15.9 Å². The van der Waals surface area contributed by atoms with E-state index in [1.54, 1.807) is 18.5 Å². The molecule has 190 valence electrons. The van der Waals surface area contributed by atoms with Gasteiger partial charge in [0.05, 0.1) is 32.2 Å². The third kappa shape index (κ3) is 4.73. The Morgan fingerprint density at radius 2 is 1.86 bits per heavy atom. The van der Waals surface area contributed by atoms with Gasteiger partial charge < -0.3 is 13.9 Å². The second-order valence-corrected chi connectivity index (χ2v) is 16.3. The van der Waals surface area contributed by atoms with Crippen molar-refractivity contribution in [2.75, 3.05) is 0 Å². The smallest absolute Gasteiger partial charge is 0.332 e. The lowest BCUT2D eigenvalue weighted by Gasteiger charge is -2.25. The summed E-state index contributed by atoms with van der Waals surface area (Å²) in [5.41, 5.74) is 2.59. The zero-order valence-corrected chi connectivity index (χ0v) is 24.3. The highest BCUT2D eigenvalue weighted by Crippen LogP contribution is 2.21. The van der Waals surface area contributed by atoms with Gasteiger partial charge in [0.25, 0.3) is 5.56 Å². The molecule has 9 nitrogen and oxygen atoms in total. The maximum atomic E-state index is 13.4. The molecule has 4 aromatic rings. The summed E-state index contributed by atoms with van der Waals surface area (Å²) in [4.78, 5) is 35.6. The average molecular weight is 572 g/mol. The summed E-state index contributed by atoms with van der Waals surface area (Å²) in [6.45, 7) is 13.5. The molecule has 0 radical (unpaired) electrons. The van der Waals surface area contributed by atoms with Crippen molar-refractivity contribution in [1.29, 1.82) is 0 Å². The van der Waals surface area contributed by atoms with Crippen LogP contribution in [0.15, 0.2) is 32.5 Å². The number of hydrogen-bond donors (Lipinski definition) is 0. The number of imidazole rings is 2. The zero-order chi connectivity index (χ0) is 26.4. The highest BCUT2D eigenvalue weighted by atomic mass is 79.9. The summed E-state index contributed by atoms with van der Waals surface area (Å²) in [6, 6.07) is 5.82. The molecule has 0 bridgehead atoms. The van der Waals surface area contributed by atoms with Crippen molar-refractivity contribution in [2.45, 2.75) is 66.0 Å². The van der Waals surface area contributed by atoms with E-state index in [1.807, 2.05) is 25.1 Å². The van der Waals surface area contributed by atoms with Crippen LogP contribution in [0.2, 0.25) is 19.6 Å². The first-order valence-corrected chi connectivity index (χ1v) is 16.1. The van der Waals surface area contributed by atoms with Gasteiger partial charge in [0.2, 0.25) is 0 Å². The normalized spacial score (nSPS) is 12.8. The summed E-state index contributed by atoms with van der Waals surface area (Å²) < 4.78 is 13.0. The van der Waals surface area contributed by atoms with Crippen LogP contribution in [0.1, 0.15) is 25.2 Å². The van der Waals surface area contributed by atoms with Crippen molar-refractivity contribution in [3.63, 3.8) is 0 Å². The predicted octanol–water partition coefficient (Wildman–Crippen LogP) is 3.63. The molecule has 3 heterocycles. The number of halogens is 1. The molecule has 0 aliphatic carbocycles. The molecule has 0 amide bonds. The molecule has 0 N–H and O–H groups in total. The quantitative estimate of drug-likeness (QED) is 0.192. The molecule has 1 atom stereocenters. The Morgan fingerprint density at radius 1 is 1.14 bits per heavy atom. The monoisotopic (exact) mass is 570 g/mol. The van der Waals surface area contributed by atoms with Gasteiger partial charge in [-0.15, -0.1) is 5.92 Å². The van der Waals surface area contributed by atoms with Crippen LogP contribution in [0.3, 0.4) is 0 Å².